The summed E-state index contributed by atoms with van der Waals surface area (Å²) in [5.74, 6) is 0.272. The molecule has 2 aliphatic rings. The number of fused-ring (bicyclic) bond motifs is 1. The molecule has 2 saturated heterocycles. The number of aromatic nitrogens is 1. The first kappa shape index (κ1) is 12.8. The Morgan fingerprint density at radius 3 is 3.11 bits per heavy atom. The number of carbonyl (C=O) groups is 1. The quantitative estimate of drug-likeness (QED) is 0.788. The number of nitrogens with zero attached hydrogens (tertiary/aromatic N) is 3. The normalized spacial score (nSPS) is 27.0. The van der Waals surface area contributed by atoms with Crippen LogP contribution in [0.3, 0.4) is 0 Å². The van der Waals surface area contributed by atoms with Crippen molar-refractivity contribution < 1.29 is 4.79 Å². The third-order valence-corrected chi connectivity index (χ3v) is 4.91. The SMILES string of the molecule is C=CCN1C(=O)CC2C1CCN2Cc1csc(C)n1. The molecule has 2 fully saturated rings. The fraction of sp³-hybridized carbons (Fsp3) is 0.571. The van der Waals surface area contributed by atoms with Gasteiger partial charge in [0, 0.05) is 43.5 Å². The molecule has 2 atom stereocenters. The van der Waals surface area contributed by atoms with Crippen molar-refractivity contribution in [2.75, 3.05) is 13.1 Å². The van der Waals surface area contributed by atoms with Gasteiger partial charge in [0.05, 0.1) is 10.7 Å². The fourth-order valence-corrected chi connectivity index (χ4v) is 3.87. The van der Waals surface area contributed by atoms with Crippen LogP contribution in [-0.2, 0) is 11.3 Å². The first-order chi connectivity index (χ1) is 9.19. The number of rotatable bonds is 4. The molecule has 5 heteroatoms. The monoisotopic (exact) mass is 277 g/mol. The minimum Gasteiger partial charge on any atom is -0.334 e. The molecule has 0 radical (unpaired) electrons. The number of carbonyl (C=O) groups excluding carboxylic acids is 1. The predicted octanol–water partition coefficient (Wildman–Crippen LogP) is 1.81. The average molecular weight is 277 g/mol. The minimum absolute atomic E-state index is 0.272. The molecule has 0 aromatic carbocycles. The third kappa shape index (κ3) is 2.32. The van der Waals surface area contributed by atoms with Crippen LogP contribution in [0.15, 0.2) is 18.0 Å². The summed E-state index contributed by atoms with van der Waals surface area (Å²) < 4.78 is 0. The summed E-state index contributed by atoms with van der Waals surface area (Å²) in [7, 11) is 0. The first-order valence-electron chi connectivity index (χ1n) is 6.74. The van der Waals surface area contributed by atoms with Gasteiger partial charge in [0.1, 0.15) is 0 Å². The molecule has 102 valence electrons. The van der Waals surface area contributed by atoms with Gasteiger partial charge >= 0.3 is 0 Å². The van der Waals surface area contributed by atoms with E-state index in [0.29, 0.717) is 25.0 Å². The lowest BCUT2D eigenvalue weighted by molar-refractivity contribution is -0.128. The van der Waals surface area contributed by atoms with Gasteiger partial charge in [0.15, 0.2) is 0 Å². The molecule has 0 bridgehead atoms. The van der Waals surface area contributed by atoms with Crippen molar-refractivity contribution in [3.8, 4) is 0 Å². The van der Waals surface area contributed by atoms with E-state index in [1.165, 1.54) is 0 Å². The summed E-state index contributed by atoms with van der Waals surface area (Å²) in [5.41, 5.74) is 1.14. The predicted molar refractivity (Wildman–Crippen MR) is 76.0 cm³/mol. The molecule has 2 aliphatic heterocycles. The van der Waals surface area contributed by atoms with Crippen LogP contribution >= 0.6 is 11.3 Å². The number of hydrogen-bond donors (Lipinski definition) is 0. The second-order valence-corrected chi connectivity index (χ2v) is 6.35. The van der Waals surface area contributed by atoms with Gasteiger partial charge in [-0.05, 0) is 13.3 Å². The van der Waals surface area contributed by atoms with Gasteiger partial charge in [0.2, 0.25) is 5.91 Å². The highest BCUT2D eigenvalue weighted by atomic mass is 32.1. The Morgan fingerprint density at radius 2 is 2.42 bits per heavy atom. The molecular weight excluding hydrogens is 258 g/mol. The van der Waals surface area contributed by atoms with E-state index >= 15 is 0 Å². The summed E-state index contributed by atoms with van der Waals surface area (Å²) in [6.45, 7) is 8.40. The molecule has 19 heavy (non-hydrogen) atoms. The maximum Gasteiger partial charge on any atom is 0.224 e. The van der Waals surface area contributed by atoms with Crippen LogP contribution in [0.1, 0.15) is 23.5 Å². The average Bonchev–Trinajstić information content (AvgIpc) is 3.02. The van der Waals surface area contributed by atoms with Crippen molar-refractivity contribution in [1.82, 2.24) is 14.8 Å². The first-order valence-corrected chi connectivity index (χ1v) is 7.62. The zero-order valence-electron chi connectivity index (χ0n) is 11.2. The van der Waals surface area contributed by atoms with E-state index in [0.717, 1.165) is 30.2 Å². The van der Waals surface area contributed by atoms with Gasteiger partial charge in [-0.1, -0.05) is 6.08 Å². The van der Waals surface area contributed by atoms with Crippen LogP contribution in [0.5, 0.6) is 0 Å². The molecule has 3 heterocycles. The summed E-state index contributed by atoms with van der Waals surface area (Å²) in [5, 5.41) is 3.24. The van der Waals surface area contributed by atoms with Crippen LogP contribution < -0.4 is 0 Å². The van der Waals surface area contributed by atoms with Gasteiger partial charge < -0.3 is 4.90 Å². The van der Waals surface area contributed by atoms with E-state index in [9.17, 15) is 4.79 Å². The lowest BCUT2D eigenvalue weighted by Gasteiger charge is -2.24. The molecule has 0 aliphatic carbocycles. The number of amides is 1. The number of likely N-dealkylation sites (tertiary alicyclic amines) is 2. The van der Waals surface area contributed by atoms with E-state index < -0.39 is 0 Å². The van der Waals surface area contributed by atoms with Crippen LogP contribution in [0.4, 0.5) is 0 Å². The maximum atomic E-state index is 12.0. The zero-order chi connectivity index (χ0) is 13.4. The topological polar surface area (TPSA) is 36.4 Å². The molecule has 2 unspecified atom stereocenters. The second-order valence-electron chi connectivity index (χ2n) is 5.29. The van der Waals surface area contributed by atoms with Crippen molar-refractivity contribution in [1.29, 1.82) is 0 Å². The standard InChI is InChI=1S/C14H19N3OS/c1-3-5-17-12-4-6-16(13(12)7-14(17)18)8-11-9-19-10(2)15-11/h3,9,12-13H,1,4-8H2,2H3. The molecule has 0 saturated carbocycles. The van der Waals surface area contributed by atoms with E-state index in [1.807, 2.05) is 17.9 Å². The van der Waals surface area contributed by atoms with E-state index in [4.69, 9.17) is 0 Å². The Hall–Kier alpha value is -1.20. The van der Waals surface area contributed by atoms with Crippen LogP contribution in [-0.4, -0.2) is 45.9 Å². The van der Waals surface area contributed by atoms with Crippen LogP contribution in [0.2, 0.25) is 0 Å². The van der Waals surface area contributed by atoms with E-state index in [2.05, 4.69) is 21.8 Å². The van der Waals surface area contributed by atoms with Gasteiger partial charge in [0.25, 0.3) is 0 Å². The number of hydrogen-bond acceptors (Lipinski definition) is 4. The number of aryl methyl sites for hydroxylation is 1. The molecule has 0 N–H and O–H groups in total. The van der Waals surface area contributed by atoms with Crippen molar-refractivity contribution in [2.24, 2.45) is 0 Å². The Labute approximate surface area is 117 Å². The summed E-state index contributed by atoms with van der Waals surface area (Å²) in [6.07, 6.45) is 3.56. The van der Waals surface area contributed by atoms with Crippen molar-refractivity contribution in [3.63, 3.8) is 0 Å². The fourth-order valence-electron chi connectivity index (χ4n) is 3.27. The van der Waals surface area contributed by atoms with E-state index in [-0.39, 0.29) is 5.91 Å². The third-order valence-electron chi connectivity index (χ3n) is 4.09. The van der Waals surface area contributed by atoms with E-state index in [1.54, 1.807) is 11.3 Å². The van der Waals surface area contributed by atoms with Gasteiger partial charge in [-0.2, -0.15) is 0 Å². The largest absolute Gasteiger partial charge is 0.334 e. The second kappa shape index (κ2) is 5.06. The Bertz CT molecular complexity index is 499. The summed E-state index contributed by atoms with van der Waals surface area (Å²) >= 11 is 1.69. The molecule has 3 rings (SSSR count). The Kier molecular flexibility index (Phi) is 3.41. The Balaban J connectivity index is 1.70. The summed E-state index contributed by atoms with van der Waals surface area (Å²) in [4.78, 5) is 20.9. The van der Waals surface area contributed by atoms with Gasteiger partial charge in [-0.25, -0.2) is 4.98 Å². The molecule has 4 nitrogen and oxygen atoms in total. The summed E-state index contributed by atoms with van der Waals surface area (Å²) in [6, 6.07) is 0.750. The highest BCUT2D eigenvalue weighted by Crippen LogP contribution is 2.33. The van der Waals surface area contributed by atoms with Crippen LogP contribution in [0.25, 0.3) is 0 Å². The van der Waals surface area contributed by atoms with Crippen molar-refractivity contribution in [3.05, 3.63) is 28.7 Å². The zero-order valence-corrected chi connectivity index (χ0v) is 12.0. The van der Waals surface area contributed by atoms with Crippen LogP contribution in [0, 0.1) is 6.92 Å². The van der Waals surface area contributed by atoms with Gasteiger partial charge in [-0.3, -0.25) is 9.69 Å². The lowest BCUT2D eigenvalue weighted by atomic mass is 10.1. The molecule has 0 spiro atoms. The van der Waals surface area contributed by atoms with Crippen molar-refractivity contribution >= 4 is 17.2 Å². The lowest BCUT2D eigenvalue weighted by Crippen LogP contribution is -2.37. The molecule has 1 aromatic rings. The molecule has 1 aromatic heterocycles. The van der Waals surface area contributed by atoms with Crippen molar-refractivity contribution in [2.45, 2.75) is 38.4 Å². The molecule has 1 amide bonds. The minimum atomic E-state index is 0.272. The van der Waals surface area contributed by atoms with Gasteiger partial charge in [-0.15, -0.1) is 17.9 Å². The molecular formula is C14H19N3OS. The maximum absolute atomic E-state index is 12.0. The smallest absolute Gasteiger partial charge is 0.224 e. The Morgan fingerprint density at radius 1 is 1.58 bits per heavy atom. The highest BCUT2D eigenvalue weighted by Gasteiger charge is 2.46. The number of thiazole rings is 1. The highest BCUT2D eigenvalue weighted by molar-refractivity contribution is 7.09.